The molecule has 0 bridgehead atoms. The van der Waals surface area contributed by atoms with Crippen LogP contribution in [0.25, 0.3) is 0 Å². The van der Waals surface area contributed by atoms with Crippen molar-refractivity contribution < 1.29 is 9.53 Å². The number of hydrogen-bond donors (Lipinski definition) is 0. The van der Waals surface area contributed by atoms with E-state index in [1.54, 1.807) is 7.11 Å². The second-order valence-electron chi connectivity index (χ2n) is 3.30. The molecule has 0 aromatic carbocycles. The molecule has 2 heteroatoms. The highest BCUT2D eigenvalue weighted by atomic mass is 16.5. The third-order valence-corrected chi connectivity index (χ3v) is 2.12. The highest BCUT2D eigenvalue weighted by molar-refractivity contribution is 5.78. The molecular formula is C10H20O2. The minimum absolute atomic E-state index is 0.461. The average Bonchev–Trinajstić information content (AvgIpc) is 2.11. The van der Waals surface area contributed by atoms with Crippen LogP contribution in [0, 0.1) is 5.92 Å². The van der Waals surface area contributed by atoms with Gasteiger partial charge in [0.2, 0.25) is 0 Å². The van der Waals surface area contributed by atoms with Crippen LogP contribution in [-0.4, -0.2) is 19.5 Å². The van der Waals surface area contributed by atoms with E-state index in [1.807, 2.05) is 6.92 Å². The monoisotopic (exact) mass is 172 g/mol. The fourth-order valence-corrected chi connectivity index (χ4v) is 1.08. The van der Waals surface area contributed by atoms with E-state index in [0.717, 1.165) is 38.2 Å². The molecule has 0 radical (unpaired) electrons. The van der Waals surface area contributed by atoms with Crippen molar-refractivity contribution in [2.45, 2.75) is 39.5 Å². The van der Waals surface area contributed by atoms with Gasteiger partial charge in [0.1, 0.15) is 5.78 Å². The summed E-state index contributed by atoms with van der Waals surface area (Å²) in [5, 5.41) is 0. The molecule has 0 aliphatic heterocycles. The third kappa shape index (κ3) is 6.35. The van der Waals surface area contributed by atoms with Crippen LogP contribution >= 0.6 is 0 Å². The zero-order chi connectivity index (χ0) is 9.40. The molecule has 1 saturated carbocycles. The molecule has 0 heterocycles. The summed E-state index contributed by atoms with van der Waals surface area (Å²) in [5.41, 5.74) is 0. The Kier molecular flexibility index (Phi) is 7.06. The summed E-state index contributed by atoms with van der Waals surface area (Å²) in [6.07, 6.45) is 3.92. The standard InChI is InChI=1S/C7H12O.C3H8O/c1-6-2-4-7(8)5-3-6;1-3-4-2/h6H,2-5H2,1H3;3H2,1-2H3. The van der Waals surface area contributed by atoms with Gasteiger partial charge in [0.15, 0.2) is 0 Å². The van der Waals surface area contributed by atoms with E-state index in [9.17, 15) is 4.79 Å². The van der Waals surface area contributed by atoms with Gasteiger partial charge in [-0.3, -0.25) is 4.79 Å². The Labute approximate surface area is 75.3 Å². The quantitative estimate of drug-likeness (QED) is 0.607. The lowest BCUT2D eigenvalue weighted by atomic mass is 9.90. The Bertz CT molecular complexity index is 109. The minimum atomic E-state index is 0.461. The van der Waals surface area contributed by atoms with Crippen LogP contribution in [0.4, 0.5) is 0 Å². The normalized spacial score (nSPS) is 18.4. The summed E-state index contributed by atoms with van der Waals surface area (Å²) in [7, 11) is 1.68. The van der Waals surface area contributed by atoms with Crippen LogP contribution in [0.1, 0.15) is 39.5 Å². The van der Waals surface area contributed by atoms with Crippen LogP contribution in [0.2, 0.25) is 0 Å². The zero-order valence-corrected chi connectivity index (χ0v) is 8.43. The van der Waals surface area contributed by atoms with Gasteiger partial charge in [0.25, 0.3) is 0 Å². The highest BCUT2D eigenvalue weighted by Crippen LogP contribution is 2.19. The second-order valence-corrected chi connectivity index (χ2v) is 3.30. The summed E-state index contributed by atoms with van der Waals surface area (Å²) in [5.74, 6) is 1.26. The van der Waals surface area contributed by atoms with Crippen molar-refractivity contribution in [3.63, 3.8) is 0 Å². The van der Waals surface area contributed by atoms with Crippen LogP contribution in [0.3, 0.4) is 0 Å². The zero-order valence-electron chi connectivity index (χ0n) is 8.43. The Morgan fingerprint density at radius 1 is 1.42 bits per heavy atom. The third-order valence-electron chi connectivity index (χ3n) is 2.12. The first kappa shape index (κ1) is 11.6. The van der Waals surface area contributed by atoms with E-state index < -0.39 is 0 Å². The fourth-order valence-electron chi connectivity index (χ4n) is 1.08. The van der Waals surface area contributed by atoms with Gasteiger partial charge in [0, 0.05) is 26.6 Å². The number of hydrogen-bond acceptors (Lipinski definition) is 2. The number of carbonyl (C=O) groups excluding carboxylic acids is 1. The molecule has 0 spiro atoms. The first-order valence-corrected chi connectivity index (χ1v) is 4.71. The van der Waals surface area contributed by atoms with Crippen molar-refractivity contribution >= 4 is 5.78 Å². The average molecular weight is 172 g/mol. The van der Waals surface area contributed by atoms with Gasteiger partial charge < -0.3 is 4.74 Å². The Morgan fingerprint density at radius 3 is 2.08 bits per heavy atom. The van der Waals surface area contributed by atoms with Crippen molar-refractivity contribution in [1.82, 2.24) is 0 Å². The van der Waals surface area contributed by atoms with Crippen LogP contribution < -0.4 is 0 Å². The van der Waals surface area contributed by atoms with Gasteiger partial charge in [-0.1, -0.05) is 6.92 Å². The lowest BCUT2D eigenvalue weighted by Crippen LogP contribution is -2.10. The van der Waals surface area contributed by atoms with E-state index in [-0.39, 0.29) is 0 Å². The van der Waals surface area contributed by atoms with Gasteiger partial charge in [-0.2, -0.15) is 0 Å². The van der Waals surface area contributed by atoms with Crippen LogP contribution in [-0.2, 0) is 9.53 Å². The molecule has 0 aromatic heterocycles. The van der Waals surface area contributed by atoms with Crippen molar-refractivity contribution in [2.24, 2.45) is 5.92 Å². The lowest BCUT2D eigenvalue weighted by molar-refractivity contribution is -0.120. The molecule has 1 aliphatic carbocycles. The van der Waals surface area contributed by atoms with Gasteiger partial charge >= 0.3 is 0 Å². The fraction of sp³-hybridized carbons (Fsp3) is 0.900. The molecule has 0 atom stereocenters. The predicted octanol–water partition coefficient (Wildman–Crippen LogP) is 2.42. The lowest BCUT2D eigenvalue weighted by Gasteiger charge is -2.14. The van der Waals surface area contributed by atoms with Gasteiger partial charge in [-0.25, -0.2) is 0 Å². The number of methoxy groups -OCH3 is 1. The Hall–Kier alpha value is -0.370. The van der Waals surface area contributed by atoms with Gasteiger partial charge in [-0.15, -0.1) is 0 Å². The molecule has 72 valence electrons. The van der Waals surface area contributed by atoms with E-state index in [4.69, 9.17) is 0 Å². The first-order chi connectivity index (χ1) is 5.70. The molecule has 0 N–H and O–H groups in total. The maximum Gasteiger partial charge on any atom is 0.132 e. The minimum Gasteiger partial charge on any atom is -0.385 e. The summed E-state index contributed by atoms with van der Waals surface area (Å²) < 4.78 is 4.54. The van der Waals surface area contributed by atoms with Gasteiger partial charge in [0.05, 0.1) is 0 Å². The van der Waals surface area contributed by atoms with E-state index in [2.05, 4.69) is 11.7 Å². The molecule has 0 unspecified atom stereocenters. The summed E-state index contributed by atoms with van der Waals surface area (Å²) in [4.78, 5) is 10.6. The molecule has 1 aliphatic rings. The Balaban J connectivity index is 0.000000261. The molecule has 2 nitrogen and oxygen atoms in total. The molecule has 1 rings (SSSR count). The van der Waals surface area contributed by atoms with Crippen molar-refractivity contribution in [2.75, 3.05) is 13.7 Å². The maximum atomic E-state index is 10.6. The largest absolute Gasteiger partial charge is 0.385 e. The Morgan fingerprint density at radius 2 is 1.83 bits per heavy atom. The summed E-state index contributed by atoms with van der Waals surface area (Å²) in [6, 6.07) is 0. The molecule has 0 aromatic rings. The molecule has 0 amide bonds. The highest BCUT2D eigenvalue weighted by Gasteiger charge is 2.13. The number of ketones is 1. The van der Waals surface area contributed by atoms with E-state index in [1.165, 1.54) is 0 Å². The molecule has 0 saturated heterocycles. The van der Waals surface area contributed by atoms with Crippen molar-refractivity contribution in [3.05, 3.63) is 0 Å². The van der Waals surface area contributed by atoms with E-state index >= 15 is 0 Å². The number of Topliss-reactive ketones (excluding diaryl/α,β-unsaturated/α-hetero) is 1. The molecule has 12 heavy (non-hydrogen) atoms. The van der Waals surface area contributed by atoms with Crippen LogP contribution in [0.15, 0.2) is 0 Å². The number of rotatable bonds is 1. The SMILES string of the molecule is CC1CCC(=O)CC1.CCOC. The van der Waals surface area contributed by atoms with Crippen LogP contribution in [0.5, 0.6) is 0 Å². The predicted molar refractivity (Wildman–Crippen MR) is 50.2 cm³/mol. The first-order valence-electron chi connectivity index (χ1n) is 4.71. The van der Waals surface area contributed by atoms with Gasteiger partial charge in [-0.05, 0) is 25.7 Å². The van der Waals surface area contributed by atoms with Crippen molar-refractivity contribution in [1.29, 1.82) is 0 Å². The molecule has 1 fully saturated rings. The number of ether oxygens (including phenoxy) is 1. The second kappa shape index (κ2) is 7.29. The molecular weight excluding hydrogens is 152 g/mol. The summed E-state index contributed by atoms with van der Waals surface area (Å²) in [6.45, 7) is 4.99. The smallest absolute Gasteiger partial charge is 0.132 e. The maximum absolute atomic E-state index is 10.6. The number of carbonyl (C=O) groups is 1. The van der Waals surface area contributed by atoms with E-state index in [0.29, 0.717) is 5.78 Å². The van der Waals surface area contributed by atoms with Crippen molar-refractivity contribution in [3.8, 4) is 0 Å². The summed E-state index contributed by atoms with van der Waals surface area (Å²) >= 11 is 0. The topological polar surface area (TPSA) is 26.3 Å².